The Morgan fingerprint density at radius 3 is 1.12 bits per heavy atom. The first-order valence-corrected chi connectivity index (χ1v) is 21.6. The van der Waals surface area contributed by atoms with Gasteiger partial charge in [-0.1, -0.05) is 123 Å². The molecule has 0 radical (unpaired) electrons. The van der Waals surface area contributed by atoms with Crippen molar-refractivity contribution in [2.45, 2.75) is 122 Å². The predicted molar refractivity (Wildman–Crippen MR) is 258 cm³/mol. The van der Waals surface area contributed by atoms with E-state index in [2.05, 4.69) is 182 Å². The molecule has 4 heteroatoms. The Morgan fingerprint density at radius 1 is 0.424 bits per heavy atom. The van der Waals surface area contributed by atoms with Crippen molar-refractivity contribution in [3.05, 3.63) is 145 Å². The lowest BCUT2D eigenvalue weighted by molar-refractivity contribution is 0.590. The summed E-state index contributed by atoms with van der Waals surface area (Å²) in [6.07, 6.45) is 0. The molecule has 0 spiro atoms. The van der Waals surface area contributed by atoms with Crippen LogP contribution in [0.3, 0.4) is 0 Å². The van der Waals surface area contributed by atoms with E-state index >= 15 is 0 Å². The van der Waals surface area contributed by atoms with Crippen molar-refractivity contribution in [3.8, 4) is 17.2 Å². The number of rotatable bonds is 3. The Balaban J connectivity index is 1.61. The molecule has 0 fully saturated rings. The number of fused-ring (bicyclic) bond motifs is 4. The molecule has 0 bridgehead atoms. The van der Waals surface area contributed by atoms with Gasteiger partial charge < -0.3 is 4.90 Å². The van der Waals surface area contributed by atoms with Gasteiger partial charge in [-0.3, -0.25) is 0 Å². The summed E-state index contributed by atoms with van der Waals surface area (Å²) in [5.74, 6) is 0. The molecule has 6 aromatic carbocycles. The molecule has 0 saturated carbocycles. The molecule has 8 rings (SSSR count). The molecule has 2 aliphatic heterocycles. The first kappa shape index (κ1) is 40.5. The molecule has 0 unspecified atom stereocenters. The van der Waals surface area contributed by atoms with Gasteiger partial charge in [0, 0.05) is 17.1 Å². The van der Waals surface area contributed by atoms with E-state index in [-0.39, 0.29) is 24.3 Å². The first-order valence-electron chi connectivity index (χ1n) is 21.6. The molecule has 0 atom stereocenters. The van der Waals surface area contributed by atoms with Crippen molar-refractivity contribution in [3.63, 3.8) is 0 Å². The minimum absolute atomic E-state index is 0.00774. The first-order chi connectivity index (χ1) is 27.7. The third-order valence-corrected chi connectivity index (χ3v) is 14.9. The summed E-state index contributed by atoms with van der Waals surface area (Å²) >= 11 is 0. The van der Waals surface area contributed by atoms with Crippen LogP contribution in [0.25, 0.3) is 11.1 Å². The van der Waals surface area contributed by atoms with Crippen LogP contribution < -0.4 is 37.7 Å². The summed E-state index contributed by atoms with van der Waals surface area (Å²) in [5.41, 5.74) is 31.6. The van der Waals surface area contributed by atoms with Gasteiger partial charge in [0.25, 0.3) is 0 Å². The van der Waals surface area contributed by atoms with Gasteiger partial charge in [0.15, 0.2) is 0 Å². The number of nitriles is 1. The highest BCUT2D eigenvalue weighted by molar-refractivity contribution is 7.02. The van der Waals surface area contributed by atoms with E-state index in [0.717, 1.165) is 5.56 Å². The minimum Gasteiger partial charge on any atom is -0.313 e. The van der Waals surface area contributed by atoms with Gasteiger partial charge in [-0.05, 0) is 182 Å². The average molecular weight is 771 g/mol. The molecule has 0 amide bonds. The molecule has 2 heterocycles. The number of nitrogens with zero attached hydrogens (tertiary/aromatic N) is 2. The van der Waals surface area contributed by atoms with Crippen molar-refractivity contribution in [2.75, 3.05) is 4.90 Å². The summed E-state index contributed by atoms with van der Waals surface area (Å²) in [4.78, 5) is 2.64. The second-order valence-electron chi connectivity index (χ2n) is 20.0. The van der Waals surface area contributed by atoms with Crippen molar-refractivity contribution < 1.29 is 0 Å². The second kappa shape index (κ2) is 13.9. The van der Waals surface area contributed by atoms with E-state index in [0.29, 0.717) is 5.56 Å². The van der Waals surface area contributed by atoms with E-state index in [4.69, 9.17) is 0 Å². The Kier molecular flexibility index (Phi) is 9.55. The molecular formula is C55H60B2N2. The lowest BCUT2D eigenvalue weighted by Crippen LogP contribution is -2.66. The lowest BCUT2D eigenvalue weighted by atomic mass is 9.29. The highest BCUT2D eigenvalue weighted by Crippen LogP contribution is 2.41. The second-order valence-corrected chi connectivity index (χ2v) is 20.0. The van der Waals surface area contributed by atoms with Crippen LogP contribution in [-0.4, -0.2) is 13.4 Å². The molecule has 0 aliphatic carbocycles. The smallest absolute Gasteiger partial charge is 0.247 e. The van der Waals surface area contributed by atoms with Crippen molar-refractivity contribution >= 4 is 63.3 Å². The maximum Gasteiger partial charge on any atom is 0.247 e. The van der Waals surface area contributed by atoms with Gasteiger partial charge in [0.05, 0.1) is 11.6 Å². The van der Waals surface area contributed by atoms with E-state index < -0.39 is 0 Å². The fraction of sp³-hybridized carbons (Fsp3) is 0.327. The van der Waals surface area contributed by atoms with E-state index in [9.17, 15) is 5.26 Å². The van der Waals surface area contributed by atoms with Crippen LogP contribution in [-0.2, 0) is 10.8 Å². The molecular weight excluding hydrogens is 710 g/mol. The predicted octanol–water partition coefficient (Wildman–Crippen LogP) is 10.0. The van der Waals surface area contributed by atoms with Crippen LogP contribution >= 0.6 is 0 Å². The van der Waals surface area contributed by atoms with Crippen molar-refractivity contribution in [1.29, 1.82) is 5.26 Å². The molecule has 0 N–H and O–H groups in total. The summed E-state index contributed by atoms with van der Waals surface area (Å²) in [7, 11) is 0. The fourth-order valence-corrected chi connectivity index (χ4v) is 10.4. The van der Waals surface area contributed by atoms with Gasteiger partial charge in [0.1, 0.15) is 0 Å². The summed E-state index contributed by atoms with van der Waals surface area (Å²) in [6.45, 7) is 37.3. The summed E-state index contributed by atoms with van der Waals surface area (Å²) in [5, 5.41) is 9.82. The Labute approximate surface area is 355 Å². The molecule has 0 aromatic heterocycles. The SMILES string of the molecule is Cc1c(C)c(C)c(B2c3cc(C(C)(C)C)ccc3N3c4ccc(C(C)(C)C)cc4B(c4c(C)c(C)c(C)c(C)c4C)c4cc(-c5ccc(C#N)cc5)cc2c43)c(C)c1C. The quantitative estimate of drug-likeness (QED) is 0.167. The van der Waals surface area contributed by atoms with Crippen LogP contribution in [0.15, 0.2) is 72.8 Å². The number of anilines is 3. The van der Waals surface area contributed by atoms with Crippen LogP contribution in [0.1, 0.15) is 114 Å². The minimum atomic E-state index is -0.0265. The molecule has 296 valence electrons. The van der Waals surface area contributed by atoms with E-state index in [1.54, 1.807) is 0 Å². The highest BCUT2D eigenvalue weighted by atomic mass is 15.2. The van der Waals surface area contributed by atoms with Gasteiger partial charge in [-0.2, -0.15) is 5.26 Å². The Bertz CT molecular complexity index is 2580. The molecule has 6 aromatic rings. The third-order valence-electron chi connectivity index (χ3n) is 14.9. The number of hydrogen-bond donors (Lipinski definition) is 0. The van der Waals surface area contributed by atoms with Crippen LogP contribution in [0.2, 0.25) is 0 Å². The zero-order valence-corrected chi connectivity index (χ0v) is 38.5. The Hall–Kier alpha value is -5.26. The van der Waals surface area contributed by atoms with Gasteiger partial charge in [-0.25, -0.2) is 0 Å². The lowest BCUT2D eigenvalue weighted by Gasteiger charge is -2.46. The summed E-state index contributed by atoms with van der Waals surface area (Å²) in [6, 6.07) is 30.3. The molecule has 0 saturated heterocycles. The monoisotopic (exact) mass is 770 g/mol. The topological polar surface area (TPSA) is 27.0 Å². The largest absolute Gasteiger partial charge is 0.313 e. The fourth-order valence-electron chi connectivity index (χ4n) is 10.4. The normalized spacial score (nSPS) is 13.3. The zero-order valence-electron chi connectivity index (χ0n) is 38.5. The van der Waals surface area contributed by atoms with Crippen LogP contribution in [0.5, 0.6) is 0 Å². The van der Waals surface area contributed by atoms with E-state index in [1.807, 2.05) is 12.1 Å². The molecule has 2 aliphatic rings. The summed E-state index contributed by atoms with van der Waals surface area (Å²) < 4.78 is 0. The maximum atomic E-state index is 9.82. The standard InChI is InChI=1S/C55H60B2N2/c1-30-32(3)36(7)51(37(8)33(30)4)56-45-27-43(54(11,12)13)21-23-49(45)59-50-24-22-44(55(14,15)16)28-46(50)57(52-38(9)34(5)31(2)35(6)39(52)10)48-26-42(25-47(56)53(48)59)41-19-17-40(29-58)18-20-41/h17-28H,1-16H3. The van der Waals surface area contributed by atoms with Gasteiger partial charge >= 0.3 is 0 Å². The van der Waals surface area contributed by atoms with E-state index in [1.165, 1.54) is 122 Å². The zero-order chi connectivity index (χ0) is 42.8. The number of benzene rings is 6. The third kappa shape index (κ3) is 6.14. The van der Waals surface area contributed by atoms with Crippen molar-refractivity contribution in [2.24, 2.45) is 0 Å². The molecule has 2 nitrogen and oxygen atoms in total. The van der Waals surface area contributed by atoms with Crippen molar-refractivity contribution in [1.82, 2.24) is 0 Å². The molecule has 59 heavy (non-hydrogen) atoms. The average Bonchev–Trinajstić information content (AvgIpc) is 3.21. The van der Waals surface area contributed by atoms with Crippen LogP contribution in [0.4, 0.5) is 17.1 Å². The highest BCUT2D eigenvalue weighted by Gasteiger charge is 2.46. The van der Waals surface area contributed by atoms with Gasteiger partial charge in [0.2, 0.25) is 13.4 Å². The van der Waals surface area contributed by atoms with Gasteiger partial charge in [-0.15, -0.1) is 0 Å². The number of hydrogen-bond acceptors (Lipinski definition) is 2. The van der Waals surface area contributed by atoms with Crippen LogP contribution in [0, 0.1) is 80.6 Å². The Morgan fingerprint density at radius 2 is 0.780 bits per heavy atom. The maximum absolute atomic E-state index is 9.82.